The molecule has 1 aromatic rings. The van der Waals surface area contributed by atoms with Crippen LogP contribution in [0.1, 0.15) is 53.8 Å². The van der Waals surface area contributed by atoms with Gasteiger partial charge in [-0.25, -0.2) is 0 Å². The minimum atomic E-state index is 0. The number of hydrogen-bond donors (Lipinski definition) is 2. The van der Waals surface area contributed by atoms with Crippen molar-refractivity contribution >= 4 is 18.3 Å². The number of nitrogens with one attached hydrogen (secondary N) is 2. The molecule has 1 saturated carbocycles. The number of rotatable bonds is 5. The van der Waals surface area contributed by atoms with Gasteiger partial charge in [-0.05, 0) is 18.8 Å². The molecule has 0 unspecified atom stereocenters. The van der Waals surface area contributed by atoms with E-state index in [1.54, 1.807) is 0 Å². The molecular formula is C17H27ClN4O. The maximum atomic E-state index is 12.9. The minimum absolute atomic E-state index is 0. The first-order chi connectivity index (χ1) is 10.8. The lowest BCUT2D eigenvalue weighted by molar-refractivity contribution is 0.0728. The fraction of sp³-hybridized carbons (Fsp3) is 0.647. The molecule has 0 aromatic carbocycles. The summed E-state index contributed by atoms with van der Waals surface area (Å²) in [6, 6.07) is 0. The molecule has 1 fully saturated rings. The predicted molar refractivity (Wildman–Crippen MR) is 93.9 cm³/mol. The Morgan fingerprint density at radius 2 is 2.13 bits per heavy atom. The molecule has 1 aromatic heterocycles. The van der Waals surface area contributed by atoms with E-state index in [9.17, 15) is 4.79 Å². The van der Waals surface area contributed by atoms with Gasteiger partial charge < -0.3 is 10.2 Å². The molecular weight excluding hydrogens is 312 g/mol. The van der Waals surface area contributed by atoms with Crippen LogP contribution in [0, 0.1) is 5.92 Å². The summed E-state index contributed by atoms with van der Waals surface area (Å²) in [6.07, 6.45) is 9.13. The van der Waals surface area contributed by atoms with Gasteiger partial charge in [-0.2, -0.15) is 5.10 Å². The van der Waals surface area contributed by atoms with Crippen LogP contribution in [0.5, 0.6) is 0 Å². The van der Waals surface area contributed by atoms with Crippen molar-refractivity contribution in [3.63, 3.8) is 0 Å². The molecule has 0 bridgehead atoms. The van der Waals surface area contributed by atoms with Crippen molar-refractivity contribution in [2.24, 2.45) is 5.92 Å². The fourth-order valence-corrected chi connectivity index (χ4v) is 3.63. The van der Waals surface area contributed by atoms with Gasteiger partial charge >= 0.3 is 0 Å². The predicted octanol–water partition coefficient (Wildman–Crippen LogP) is 2.69. The SMILES string of the molecule is C=CCN(CC1CCCCC1)C(=O)c1n[nH]c2c1CNCC2.Cl. The highest BCUT2D eigenvalue weighted by Gasteiger charge is 2.27. The van der Waals surface area contributed by atoms with Crippen LogP contribution in [0.15, 0.2) is 12.7 Å². The van der Waals surface area contributed by atoms with Gasteiger partial charge in [0.15, 0.2) is 5.69 Å². The van der Waals surface area contributed by atoms with Gasteiger partial charge in [0.25, 0.3) is 5.91 Å². The molecule has 0 spiro atoms. The number of halogens is 1. The molecule has 0 saturated heterocycles. The van der Waals surface area contributed by atoms with Crippen LogP contribution in [0.4, 0.5) is 0 Å². The van der Waals surface area contributed by atoms with Crippen molar-refractivity contribution in [3.8, 4) is 0 Å². The van der Waals surface area contributed by atoms with E-state index in [0.717, 1.165) is 37.3 Å². The van der Waals surface area contributed by atoms with Crippen molar-refractivity contribution in [1.82, 2.24) is 20.4 Å². The number of hydrogen-bond acceptors (Lipinski definition) is 3. The van der Waals surface area contributed by atoms with Gasteiger partial charge in [-0.1, -0.05) is 25.3 Å². The van der Waals surface area contributed by atoms with Gasteiger partial charge in [0.05, 0.1) is 0 Å². The lowest BCUT2D eigenvalue weighted by Crippen LogP contribution is -2.37. The van der Waals surface area contributed by atoms with Gasteiger partial charge in [0, 0.05) is 43.9 Å². The molecule has 2 heterocycles. The number of aromatic amines is 1. The lowest BCUT2D eigenvalue weighted by atomic mass is 9.89. The number of nitrogens with zero attached hydrogens (tertiary/aromatic N) is 2. The van der Waals surface area contributed by atoms with Crippen molar-refractivity contribution in [2.45, 2.75) is 45.1 Å². The first-order valence-electron chi connectivity index (χ1n) is 8.46. The molecule has 1 amide bonds. The molecule has 6 heteroatoms. The highest BCUT2D eigenvalue weighted by molar-refractivity contribution is 5.94. The van der Waals surface area contributed by atoms with E-state index in [4.69, 9.17) is 0 Å². The van der Waals surface area contributed by atoms with Gasteiger partial charge in [-0.15, -0.1) is 19.0 Å². The summed E-state index contributed by atoms with van der Waals surface area (Å²) in [5.74, 6) is 0.678. The zero-order valence-corrected chi connectivity index (χ0v) is 14.5. The van der Waals surface area contributed by atoms with Crippen molar-refractivity contribution in [1.29, 1.82) is 0 Å². The third-order valence-electron chi connectivity index (χ3n) is 4.85. The molecule has 2 aliphatic rings. The molecule has 1 aliphatic heterocycles. The molecule has 5 nitrogen and oxygen atoms in total. The average Bonchev–Trinajstić information content (AvgIpc) is 2.99. The molecule has 0 radical (unpaired) electrons. The summed E-state index contributed by atoms with van der Waals surface area (Å²) in [6.45, 7) is 6.93. The number of H-pyrrole nitrogens is 1. The van der Waals surface area contributed by atoms with E-state index in [1.165, 1.54) is 32.1 Å². The standard InChI is InChI=1S/C17H26N4O.ClH/c1-2-10-21(12-13-6-4-3-5-7-13)17(22)16-14-11-18-9-8-15(14)19-20-16;/h2,13,18H,1,3-12H2,(H,19,20);1H. The summed E-state index contributed by atoms with van der Waals surface area (Å²) < 4.78 is 0. The van der Waals surface area contributed by atoms with E-state index in [2.05, 4.69) is 22.1 Å². The second-order valence-electron chi connectivity index (χ2n) is 6.46. The second kappa shape index (κ2) is 8.50. The Bertz CT molecular complexity index is 537. The van der Waals surface area contributed by atoms with Crippen LogP contribution in [0.25, 0.3) is 0 Å². The molecule has 1 aliphatic carbocycles. The second-order valence-corrected chi connectivity index (χ2v) is 6.46. The number of fused-ring (bicyclic) bond motifs is 1. The van der Waals surface area contributed by atoms with Crippen LogP contribution in [-0.4, -0.2) is 40.6 Å². The molecule has 23 heavy (non-hydrogen) atoms. The van der Waals surface area contributed by atoms with E-state index in [1.807, 2.05) is 11.0 Å². The number of carbonyl (C=O) groups excluding carboxylic acids is 1. The Morgan fingerprint density at radius 3 is 2.87 bits per heavy atom. The van der Waals surface area contributed by atoms with Gasteiger partial charge in [0.2, 0.25) is 0 Å². The summed E-state index contributed by atoms with van der Waals surface area (Å²) in [5, 5.41) is 10.7. The maximum absolute atomic E-state index is 12.9. The average molecular weight is 339 g/mol. The summed E-state index contributed by atoms with van der Waals surface area (Å²) >= 11 is 0. The number of carbonyl (C=O) groups is 1. The van der Waals surface area contributed by atoms with Crippen LogP contribution >= 0.6 is 12.4 Å². The lowest BCUT2D eigenvalue weighted by Gasteiger charge is -2.29. The van der Waals surface area contributed by atoms with E-state index < -0.39 is 0 Å². The van der Waals surface area contributed by atoms with Crippen molar-refractivity contribution in [3.05, 3.63) is 29.6 Å². The fourth-order valence-electron chi connectivity index (χ4n) is 3.63. The largest absolute Gasteiger partial charge is 0.333 e. The zero-order valence-electron chi connectivity index (χ0n) is 13.6. The summed E-state index contributed by atoms with van der Waals surface area (Å²) in [5.41, 5.74) is 2.76. The quantitative estimate of drug-likeness (QED) is 0.811. The van der Waals surface area contributed by atoms with Gasteiger partial charge in [-0.3, -0.25) is 9.89 Å². The van der Waals surface area contributed by atoms with Crippen LogP contribution < -0.4 is 5.32 Å². The van der Waals surface area contributed by atoms with Gasteiger partial charge in [0.1, 0.15) is 0 Å². The van der Waals surface area contributed by atoms with E-state index in [-0.39, 0.29) is 18.3 Å². The minimum Gasteiger partial charge on any atom is -0.333 e. The number of aromatic nitrogens is 2. The Morgan fingerprint density at radius 1 is 1.35 bits per heavy atom. The normalized spacial score (nSPS) is 17.9. The monoisotopic (exact) mass is 338 g/mol. The molecule has 2 N–H and O–H groups in total. The van der Waals surface area contributed by atoms with E-state index in [0.29, 0.717) is 18.2 Å². The first-order valence-corrected chi connectivity index (χ1v) is 8.46. The highest BCUT2D eigenvalue weighted by atomic mass is 35.5. The Kier molecular flexibility index (Phi) is 6.66. The first kappa shape index (κ1) is 18.0. The summed E-state index contributed by atoms with van der Waals surface area (Å²) in [7, 11) is 0. The highest BCUT2D eigenvalue weighted by Crippen LogP contribution is 2.25. The van der Waals surface area contributed by atoms with Crippen molar-refractivity contribution in [2.75, 3.05) is 19.6 Å². The van der Waals surface area contributed by atoms with Crippen LogP contribution in [0.2, 0.25) is 0 Å². The molecule has 0 atom stereocenters. The van der Waals surface area contributed by atoms with Crippen molar-refractivity contribution < 1.29 is 4.79 Å². The Labute approximate surface area is 144 Å². The third-order valence-corrected chi connectivity index (χ3v) is 4.85. The van der Waals surface area contributed by atoms with Crippen LogP contribution in [-0.2, 0) is 13.0 Å². The third kappa shape index (κ3) is 4.15. The number of amides is 1. The van der Waals surface area contributed by atoms with Crippen LogP contribution in [0.3, 0.4) is 0 Å². The topological polar surface area (TPSA) is 61.0 Å². The Hall–Kier alpha value is -1.33. The smallest absolute Gasteiger partial charge is 0.274 e. The summed E-state index contributed by atoms with van der Waals surface area (Å²) in [4.78, 5) is 14.8. The molecule has 3 rings (SSSR count). The Balaban J connectivity index is 0.00000192. The zero-order chi connectivity index (χ0) is 15.4. The van der Waals surface area contributed by atoms with E-state index >= 15 is 0 Å². The molecule has 128 valence electrons. The maximum Gasteiger partial charge on any atom is 0.274 e.